The maximum absolute atomic E-state index is 12.3. The maximum Gasteiger partial charge on any atom is 0.272 e. The van der Waals surface area contributed by atoms with Gasteiger partial charge in [-0.1, -0.05) is 17.7 Å². The molecule has 0 aliphatic heterocycles. The van der Waals surface area contributed by atoms with Gasteiger partial charge in [0.1, 0.15) is 6.54 Å². The average Bonchev–Trinajstić information content (AvgIpc) is 2.78. The van der Waals surface area contributed by atoms with Crippen molar-refractivity contribution in [2.75, 3.05) is 5.32 Å². The fourth-order valence-corrected chi connectivity index (χ4v) is 2.62. The van der Waals surface area contributed by atoms with Gasteiger partial charge in [-0.25, -0.2) is 0 Å². The normalized spacial score (nSPS) is 11.0. The SMILES string of the molecule is Cc1nn(CC(=O)Nc2cccc3c(=O)[nH][nH]c(=O)c23)c(C)c1Cl. The zero-order chi connectivity index (χ0) is 17.4. The summed E-state index contributed by atoms with van der Waals surface area (Å²) in [6.45, 7) is 3.45. The predicted molar refractivity (Wildman–Crippen MR) is 90.5 cm³/mol. The minimum atomic E-state index is -0.491. The third kappa shape index (κ3) is 2.71. The molecule has 0 bridgehead atoms. The molecule has 1 aromatic carbocycles. The monoisotopic (exact) mass is 347 g/mol. The zero-order valence-corrected chi connectivity index (χ0v) is 13.7. The van der Waals surface area contributed by atoms with Crippen molar-refractivity contribution in [1.29, 1.82) is 0 Å². The van der Waals surface area contributed by atoms with Crippen LogP contribution in [0.25, 0.3) is 10.8 Å². The lowest BCUT2D eigenvalue weighted by molar-refractivity contribution is -0.116. The Labute approximate surface area is 140 Å². The summed E-state index contributed by atoms with van der Waals surface area (Å²) in [4.78, 5) is 36.0. The Balaban J connectivity index is 1.94. The molecule has 0 aliphatic rings. The van der Waals surface area contributed by atoms with Crippen LogP contribution in [0.4, 0.5) is 5.69 Å². The molecule has 0 spiro atoms. The molecule has 0 unspecified atom stereocenters. The number of aromatic amines is 2. The minimum Gasteiger partial charge on any atom is -0.324 e. The van der Waals surface area contributed by atoms with Crippen LogP contribution in [-0.4, -0.2) is 25.9 Å². The van der Waals surface area contributed by atoms with Crippen LogP contribution in [0.1, 0.15) is 11.4 Å². The first-order valence-corrected chi connectivity index (χ1v) is 7.49. The summed E-state index contributed by atoms with van der Waals surface area (Å²) in [5.41, 5.74) is 0.643. The standard InChI is InChI=1S/C15H14ClN5O3/c1-7-13(16)8(2)21(20-7)6-11(22)17-10-5-3-4-9-12(10)15(24)19-18-14(9)23/h3-5H,6H2,1-2H3,(H,17,22)(H,18,23)(H,19,24). The van der Waals surface area contributed by atoms with E-state index in [2.05, 4.69) is 20.6 Å². The Bertz CT molecular complexity index is 1060. The Hall–Kier alpha value is -2.87. The van der Waals surface area contributed by atoms with Gasteiger partial charge < -0.3 is 5.32 Å². The second-order valence-electron chi connectivity index (χ2n) is 5.33. The first-order chi connectivity index (χ1) is 11.4. The van der Waals surface area contributed by atoms with E-state index in [4.69, 9.17) is 11.6 Å². The molecule has 24 heavy (non-hydrogen) atoms. The molecule has 3 rings (SSSR count). The number of H-pyrrole nitrogens is 2. The van der Waals surface area contributed by atoms with Crippen molar-refractivity contribution < 1.29 is 4.79 Å². The van der Waals surface area contributed by atoms with Crippen LogP contribution in [0.5, 0.6) is 0 Å². The van der Waals surface area contributed by atoms with Gasteiger partial charge in [0.05, 0.1) is 32.9 Å². The number of nitrogens with zero attached hydrogens (tertiary/aromatic N) is 2. The van der Waals surface area contributed by atoms with Gasteiger partial charge in [-0.2, -0.15) is 5.10 Å². The molecule has 0 saturated carbocycles. The van der Waals surface area contributed by atoms with Crippen LogP contribution in [0.2, 0.25) is 5.02 Å². The van der Waals surface area contributed by atoms with Crippen molar-refractivity contribution >= 4 is 34.0 Å². The van der Waals surface area contributed by atoms with Crippen molar-refractivity contribution in [1.82, 2.24) is 20.0 Å². The highest BCUT2D eigenvalue weighted by molar-refractivity contribution is 6.31. The molecule has 0 saturated heterocycles. The van der Waals surface area contributed by atoms with Gasteiger partial charge in [0.25, 0.3) is 11.1 Å². The van der Waals surface area contributed by atoms with Crippen LogP contribution in [0.15, 0.2) is 27.8 Å². The lowest BCUT2D eigenvalue weighted by Gasteiger charge is -2.08. The molecule has 2 heterocycles. The molecule has 8 nitrogen and oxygen atoms in total. The van der Waals surface area contributed by atoms with Crippen LogP contribution in [0, 0.1) is 13.8 Å². The molecule has 9 heteroatoms. The number of nitrogens with one attached hydrogen (secondary N) is 3. The molecule has 0 atom stereocenters. The second-order valence-corrected chi connectivity index (χ2v) is 5.70. The number of hydrogen-bond acceptors (Lipinski definition) is 4. The Morgan fingerprint density at radius 1 is 1.25 bits per heavy atom. The van der Waals surface area contributed by atoms with E-state index in [1.54, 1.807) is 26.0 Å². The van der Waals surface area contributed by atoms with E-state index in [0.717, 1.165) is 0 Å². The highest BCUT2D eigenvalue weighted by Gasteiger charge is 2.14. The summed E-state index contributed by atoms with van der Waals surface area (Å²) in [5, 5.41) is 12.2. The molecular formula is C15H14ClN5O3. The van der Waals surface area contributed by atoms with Gasteiger partial charge in [-0.3, -0.25) is 29.3 Å². The molecule has 1 amide bonds. The lowest BCUT2D eigenvalue weighted by Crippen LogP contribution is -2.24. The fraction of sp³-hybridized carbons (Fsp3) is 0.200. The summed E-state index contributed by atoms with van der Waals surface area (Å²) in [6.07, 6.45) is 0. The highest BCUT2D eigenvalue weighted by atomic mass is 35.5. The van der Waals surface area contributed by atoms with E-state index in [9.17, 15) is 14.4 Å². The molecule has 0 aliphatic carbocycles. The van der Waals surface area contributed by atoms with E-state index in [-0.39, 0.29) is 28.9 Å². The number of fused-ring (bicyclic) bond motifs is 1. The number of halogens is 1. The van der Waals surface area contributed by atoms with Crippen LogP contribution >= 0.6 is 11.6 Å². The van der Waals surface area contributed by atoms with E-state index in [1.807, 2.05) is 0 Å². The zero-order valence-electron chi connectivity index (χ0n) is 12.9. The summed E-state index contributed by atoms with van der Waals surface area (Å²) >= 11 is 6.06. The van der Waals surface area contributed by atoms with Gasteiger partial charge in [-0.05, 0) is 26.0 Å². The van der Waals surface area contributed by atoms with E-state index in [1.165, 1.54) is 10.7 Å². The fourth-order valence-electron chi connectivity index (χ4n) is 2.49. The largest absolute Gasteiger partial charge is 0.324 e. The number of carbonyl (C=O) groups excluding carboxylic acids is 1. The molecule has 124 valence electrons. The van der Waals surface area contributed by atoms with E-state index < -0.39 is 11.1 Å². The summed E-state index contributed by atoms with van der Waals surface area (Å²) in [5.74, 6) is -0.385. The number of carbonyl (C=O) groups is 1. The van der Waals surface area contributed by atoms with E-state index >= 15 is 0 Å². The number of aromatic nitrogens is 4. The van der Waals surface area contributed by atoms with Crippen molar-refractivity contribution in [2.24, 2.45) is 0 Å². The maximum atomic E-state index is 12.3. The number of aryl methyl sites for hydroxylation is 1. The van der Waals surface area contributed by atoms with Gasteiger partial charge in [0, 0.05) is 0 Å². The molecular weight excluding hydrogens is 334 g/mol. The Kier molecular flexibility index (Phi) is 3.98. The topological polar surface area (TPSA) is 113 Å². The number of benzene rings is 1. The van der Waals surface area contributed by atoms with Crippen molar-refractivity contribution in [3.05, 3.63) is 55.3 Å². The van der Waals surface area contributed by atoms with Gasteiger partial charge >= 0.3 is 0 Å². The van der Waals surface area contributed by atoms with Crippen molar-refractivity contribution in [3.63, 3.8) is 0 Å². The summed E-state index contributed by atoms with van der Waals surface area (Å²) in [6, 6.07) is 4.66. The molecule has 2 aromatic heterocycles. The quantitative estimate of drug-likeness (QED) is 0.663. The third-order valence-corrected chi connectivity index (χ3v) is 4.23. The first kappa shape index (κ1) is 16.0. The van der Waals surface area contributed by atoms with Crippen molar-refractivity contribution in [2.45, 2.75) is 20.4 Å². The summed E-state index contributed by atoms with van der Waals surface area (Å²) in [7, 11) is 0. The molecule has 0 radical (unpaired) electrons. The Morgan fingerprint density at radius 3 is 2.62 bits per heavy atom. The predicted octanol–water partition coefficient (Wildman–Crippen LogP) is 1.32. The Morgan fingerprint density at radius 2 is 1.96 bits per heavy atom. The van der Waals surface area contributed by atoms with Crippen molar-refractivity contribution in [3.8, 4) is 0 Å². The van der Waals surface area contributed by atoms with Crippen LogP contribution < -0.4 is 16.4 Å². The molecule has 3 N–H and O–H groups in total. The number of rotatable bonds is 3. The third-order valence-electron chi connectivity index (χ3n) is 3.69. The number of anilines is 1. The highest BCUT2D eigenvalue weighted by Crippen LogP contribution is 2.20. The van der Waals surface area contributed by atoms with Gasteiger partial charge in [0.2, 0.25) is 5.91 Å². The average molecular weight is 348 g/mol. The lowest BCUT2D eigenvalue weighted by atomic mass is 10.1. The van der Waals surface area contributed by atoms with Crippen LogP contribution in [-0.2, 0) is 11.3 Å². The number of hydrogen-bond donors (Lipinski definition) is 3. The molecule has 0 fully saturated rings. The smallest absolute Gasteiger partial charge is 0.272 e. The molecule has 3 aromatic rings. The minimum absolute atomic E-state index is 0.0587. The summed E-state index contributed by atoms with van der Waals surface area (Å²) < 4.78 is 1.48. The van der Waals surface area contributed by atoms with Gasteiger partial charge in [0.15, 0.2) is 0 Å². The first-order valence-electron chi connectivity index (χ1n) is 7.11. The van der Waals surface area contributed by atoms with Gasteiger partial charge in [-0.15, -0.1) is 0 Å². The van der Waals surface area contributed by atoms with Crippen LogP contribution in [0.3, 0.4) is 0 Å². The number of amides is 1. The second kappa shape index (κ2) is 5.97. The van der Waals surface area contributed by atoms with E-state index in [0.29, 0.717) is 16.4 Å².